The molecule has 0 aliphatic carbocycles. The van der Waals surface area contributed by atoms with Gasteiger partial charge in [-0.15, -0.1) is 0 Å². The zero-order chi connectivity index (χ0) is 15.6. The Morgan fingerprint density at radius 2 is 2.05 bits per heavy atom. The molecule has 2 unspecified atom stereocenters. The summed E-state index contributed by atoms with van der Waals surface area (Å²) in [4.78, 5) is 25.4. The van der Waals surface area contributed by atoms with E-state index in [9.17, 15) is 19.8 Å². The van der Waals surface area contributed by atoms with E-state index in [0.29, 0.717) is 5.75 Å². The summed E-state index contributed by atoms with van der Waals surface area (Å²) in [6, 6.07) is 3.38. The molecule has 7 heteroatoms. The van der Waals surface area contributed by atoms with Gasteiger partial charge in [0.1, 0.15) is 17.5 Å². The Balaban J connectivity index is 2.32. The molecule has 0 radical (unpaired) electrons. The van der Waals surface area contributed by atoms with Gasteiger partial charge in [-0.3, -0.25) is 4.79 Å². The third-order valence-electron chi connectivity index (χ3n) is 3.45. The number of β-amino-alcohol motifs (C(OH)–C–C–N with tert-alkyl or cyclic N) is 1. The molecule has 21 heavy (non-hydrogen) atoms. The van der Waals surface area contributed by atoms with Crippen molar-refractivity contribution in [1.29, 1.82) is 0 Å². The van der Waals surface area contributed by atoms with Gasteiger partial charge in [0, 0.05) is 13.0 Å². The van der Waals surface area contributed by atoms with E-state index >= 15 is 0 Å². The summed E-state index contributed by atoms with van der Waals surface area (Å²) in [6.07, 6.45) is -0.686. The number of hydrogen-bond donors (Lipinski definition) is 2. The van der Waals surface area contributed by atoms with Crippen LogP contribution in [0, 0.1) is 0 Å². The summed E-state index contributed by atoms with van der Waals surface area (Å²) in [6.45, 7) is 0.00918. The van der Waals surface area contributed by atoms with Crippen LogP contribution in [0.25, 0.3) is 0 Å². The number of methoxy groups -OCH3 is 2. The van der Waals surface area contributed by atoms with Crippen LogP contribution >= 0.6 is 0 Å². The van der Waals surface area contributed by atoms with Gasteiger partial charge in [-0.2, -0.15) is 0 Å². The van der Waals surface area contributed by atoms with Crippen LogP contribution in [0.15, 0.2) is 18.2 Å². The van der Waals surface area contributed by atoms with Crippen molar-refractivity contribution in [1.82, 2.24) is 4.90 Å². The number of amides is 1. The summed E-state index contributed by atoms with van der Waals surface area (Å²) in [5.41, 5.74) is 0.0114. The third-order valence-corrected chi connectivity index (χ3v) is 3.45. The number of carbonyl (C=O) groups excluding carboxylic acids is 2. The Morgan fingerprint density at radius 1 is 1.33 bits per heavy atom. The summed E-state index contributed by atoms with van der Waals surface area (Å²) in [5.74, 6) is -0.961. The lowest BCUT2D eigenvalue weighted by molar-refractivity contribution is -0.145. The first-order chi connectivity index (χ1) is 9.97. The quantitative estimate of drug-likeness (QED) is 0.771. The zero-order valence-electron chi connectivity index (χ0n) is 11.8. The number of nitrogens with zero attached hydrogens (tertiary/aromatic N) is 1. The molecule has 1 aliphatic rings. The highest BCUT2D eigenvalue weighted by Crippen LogP contribution is 2.28. The Morgan fingerprint density at radius 3 is 2.67 bits per heavy atom. The maximum Gasteiger partial charge on any atom is 0.328 e. The summed E-state index contributed by atoms with van der Waals surface area (Å²) < 4.78 is 9.66. The molecule has 1 aliphatic heterocycles. The number of aliphatic hydroxyl groups excluding tert-OH is 1. The van der Waals surface area contributed by atoms with Gasteiger partial charge in [0.15, 0.2) is 0 Å². The number of aromatic hydroxyl groups is 1. The van der Waals surface area contributed by atoms with Crippen LogP contribution in [0.1, 0.15) is 16.8 Å². The van der Waals surface area contributed by atoms with Gasteiger partial charge in [0.05, 0.1) is 25.9 Å². The zero-order valence-corrected chi connectivity index (χ0v) is 11.8. The third kappa shape index (κ3) is 2.92. The Hall–Kier alpha value is -2.28. The van der Waals surface area contributed by atoms with Crippen LogP contribution in [0.5, 0.6) is 11.5 Å². The molecule has 7 nitrogen and oxygen atoms in total. The first-order valence-electron chi connectivity index (χ1n) is 6.41. The number of hydrogen-bond acceptors (Lipinski definition) is 6. The van der Waals surface area contributed by atoms with E-state index in [-0.39, 0.29) is 24.3 Å². The molecule has 1 fully saturated rings. The van der Waals surface area contributed by atoms with E-state index in [4.69, 9.17) is 4.74 Å². The van der Waals surface area contributed by atoms with Gasteiger partial charge < -0.3 is 24.6 Å². The summed E-state index contributed by atoms with van der Waals surface area (Å²) in [5, 5.41) is 19.5. The highest BCUT2D eigenvalue weighted by Gasteiger charge is 2.40. The molecule has 2 atom stereocenters. The van der Waals surface area contributed by atoms with E-state index in [0.717, 1.165) is 0 Å². The van der Waals surface area contributed by atoms with E-state index in [1.54, 1.807) is 0 Å². The average molecular weight is 295 g/mol. The number of phenolic OH excluding ortho intramolecular Hbond substituents is 1. The molecule has 2 N–H and O–H groups in total. The average Bonchev–Trinajstić information content (AvgIpc) is 2.88. The lowest BCUT2D eigenvalue weighted by atomic mass is 10.1. The fourth-order valence-electron chi connectivity index (χ4n) is 2.37. The van der Waals surface area contributed by atoms with Crippen LogP contribution < -0.4 is 4.74 Å². The topological polar surface area (TPSA) is 96.3 Å². The molecule has 0 saturated carbocycles. The number of esters is 1. The molecular formula is C14H17NO6. The first kappa shape index (κ1) is 15.1. The number of carbonyl (C=O) groups is 2. The smallest absolute Gasteiger partial charge is 0.328 e. The lowest BCUT2D eigenvalue weighted by Crippen LogP contribution is -2.41. The van der Waals surface area contributed by atoms with Crippen molar-refractivity contribution in [2.24, 2.45) is 0 Å². The monoisotopic (exact) mass is 295 g/mol. The summed E-state index contributed by atoms with van der Waals surface area (Å²) in [7, 11) is 2.66. The lowest BCUT2D eigenvalue weighted by Gasteiger charge is -2.22. The molecule has 1 heterocycles. The van der Waals surface area contributed by atoms with E-state index < -0.39 is 24.0 Å². The minimum Gasteiger partial charge on any atom is -0.507 e. The SMILES string of the molecule is COC(=O)C1CC(O)CN1C(=O)c1cc(OC)ccc1O. The highest BCUT2D eigenvalue weighted by molar-refractivity contribution is 5.99. The first-order valence-corrected chi connectivity index (χ1v) is 6.41. The molecule has 114 valence electrons. The van der Waals surface area contributed by atoms with E-state index in [1.165, 1.54) is 37.3 Å². The molecule has 0 aromatic heterocycles. The fraction of sp³-hybridized carbons (Fsp3) is 0.429. The van der Waals surface area contributed by atoms with Crippen LogP contribution in [0.2, 0.25) is 0 Å². The molecule has 1 aromatic carbocycles. The second-order valence-corrected chi connectivity index (χ2v) is 4.77. The van der Waals surface area contributed by atoms with Crippen LogP contribution in [-0.2, 0) is 9.53 Å². The van der Waals surface area contributed by atoms with Gasteiger partial charge in [0.2, 0.25) is 0 Å². The molecule has 0 spiro atoms. The molecule has 2 rings (SSSR count). The maximum atomic E-state index is 12.5. The van der Waals surface area contributed by atoms with E-state index in [1.807, 2.05) is 0 Å². The standard InChI is InChI=1S/C14H17NO6/c1-20-9-3-4-12(17)10(6-9)13(18)15-7-8(16)5-11(15)14(19)21-2/h3-4,6,8,11,16-17H,5,7H2,1-2H3. The van der Waals surface area contributed by atoms with Crippen molar-refractivity contribution in [3.8, 4) is 11.5 Å². The van der Waals surface area contributed by atoms with Gasteiger partial charge in [-0.1, -0.05) is 0 Å². The Kier molecular flexibility index (Phi) is 4.32. The van der Waals surface area contributed by atoms with Crippen LogP contribution in [-0.4, -0.2) is 59.9 Å². The van der Waals surface area contributed by atoms with Crippen molar-refractivity contribution in [2.45, 2.75) is 18.6 Å². The molecule has 0 bridgehead atoms. The number of aliphatic hydroxyl groups is 1. The fourth-order valence-corrected chi connectivity index (χ4v) is 2.37. The molecule has 1 amide bonds. The molecular weight excluding hydrogens is 278 g/mol. The number of likely N-dealkylation sites (tertiary alicyclic amines) is 1. The number of benzene rings is 1. The highest BCUT2D eigenvalue weighted by atomic mass is 16.5. The minimum atomic E-state index is -0.858. The Bertz CT molecular complexity index is 558. The predicted octanol–water partition coefficient (Wildman–Crippen LogP) is 0.149. The van der Waals surface area contributed by atoms with Crippen molar-refractivity contribution in [2.75, 3.05) is 20.8 Å². The number of rotatable bonds is 3. The molecule has 1 saturated heterocycles. The second-order valence-electron chi connectivity index (χ2n) is 4.77. The van der Waals surface area contributed by atoms with Gasteiger partial charge in [0.25, 0.3) is 5.91 Å². The van der Waals surface area contributed by atoms with Gasteiger partial charge in [-0.25, -0.2) is 4.79 Å². The van der Waals surface area contributed by atoms with Crippen molar-refractivity contribution in [3.05, 3.63) is 23.8 Å². The van der Waals surface area contributed by atoms with Crippen molar-refractivity contribution >= 4 is 11.9 Å². The normalized spacial score (nSPS) is 21.2. The van der Waals surface area contributed by atoms with Crippen molar-refractivity contribution in [3.63, 3.8) is 0 Å². The Labute approximate surface area is 121 Å². The number of phenols is 1. The second kappa shape index (κ2) is 6.01. The summed E-state index contributed by atoms with van der Waals surface area (Å²) >= 11 is 0. The maximum absolute atomic E-state index is 12.5. The molecule has 1 aromatic rings. The largest absolute Gasteiger partial charge is 0.507 e. The van der Waals surface area contributed by atoms with Crippen molar-refractivity contribution < 1.29 is 29.3 Å². The van der Waals surface area contributed by atoms with Gasteiger partial charge in [-0.05, 0) is 18.2 Å². The van der Waals surface area contributed by atoms with Gasteiger partial charge >= 0.3 is 5.97 Å². The van der Waals surface area contributed by atoms with Crippen LogP contribution in [0.3, 0.4) is 0 Å². The van der Waals surface area contributed by atoms with Crippen LogP contribution in [0.4, 0.5) is 0 Å². The van der Waals surface area contributed by atoms with E-state index in [2.05, 4.69) is 4.74 Å². The predicted molar refractivity (Wildman–Crippen MR) is 72.1 cm³/mol. The minimum absolute atomic E-state index is 0.00918. The number of ether oxygens (including phenoxy) is 2.